The van der Waals surface area contributed by atoms with Crippen LogP contribution in [0.4, 0.5) is 10.2 Å². The third kappa shape index (κ3) is 4.56. The Morgan fingerprint density at radius 3 is 2.77 bits per heavy atom. The second kappa shape index (κ2) is 9.22. The molecular formula is C24H22FN3O2S. The van der Waals surface area contributed by atoms with Crippen molar-refractivity contribution in [1.82, 2.24) is 9.97 Å². The molecule has 0 bridgehead atoms. The molecule has 2 heterocycles. The van der Waals surface area contributed by atoms with Crippen molar-refractivity contribution >= 4 is 33.2 Å². The molecule has 7 heteroatoms. The summed E-state index contributed by atoms with van der Waals surface area (Å²) < 4.78 is 15.6. The summed E-state index contributed by atoms with van der Waals surface area (Å²) in [5.74, 6) is -0.444. The van der Waals surface area contributed by atoms with E-state index in [0.717, 1.165) is 22.2 Å². The molecule has 0 atom stereocenters. The number of benzene rings is 2. The molecule has 2 aromatic heterocycles. The number of fused-ring (bicyclic) bond motifs is 1. The Bertz CT molecular complexity index is 1240. The van der Waals surface area contributed by atoms with Crippen LogP contribution in [0, 0.1) is 5.82 Å². The summed E-state index contributed by atoms with van der Waals surface area (Å²) in [5, 5.41) is 15.2. The number of nitrogens with one attached hydrogen (secondary N) is 1. The van der Waals surface area contributed by atoms with Gasteiger partial charge in [-0.05, 0) is 53.6 Å². The molecule has 0 spiro atoms. The van der Waals surface area contributed by atoms with Gasteiger partial charge in [-0.3, -0.25) is 0 Å². The topological polar surface area (TPSA) is 75.1 Å². The lowest BCUT2D eigenvalue weighted by Gasteiger charge is -2.10. The number of halogens is 1. The number of carbonyl (C=O) groups is 1. The minimum Gasteiger partial charge on any atom is -0.478 e. The first-order valence-corrected chi connectivity index (χ1v) is 11.0. The van der Waals surface area contributed by atoms with Gasteiger partial charge < -0.3 is 10.4 Å². The molecule has 2 N–H and O–H groups in total. The van der Waals surface area contributed by atoms with Crippen LogP contribution in [-0.4, -0.2) is 27.6 Å². The molecule has 0 aliphatic rings. The number of hydrogen-bond acceptors (Lipinski definition) is 5. The first-order valence-electron chi connectivity index (χ1n) is 10.1. The molecule has 31 heavy (non-hydrogen) atoms. The molecule has 0 unspecified atom stereocenters. The highest BCUT2D eigenvalue weighted by molar-refractivity contribution is 7.17. The van der Waals surface area contributed by atoms with Gasteiger partial charge in [-0.2, -0.15) is 0 Å². The third-order valence-corrected chi connectivity index (χ3v) is 6.05. The molecule has 0 fully saturated rings. The van der Waals surface area contributed by atoms with Crippen LogP contribution < -0.4 is 5.32 Å². The second-order valence-corrected chi connectivity index (χ2v) is 8.21. The van der Waals surface area contributed by atoms with E-state index in [4.69, 9.17) is 0 Å². The van der Waals surface area contributed by atoms with E-state index < -0.39 is 5.97 Å². The smallest absolute Gasteiger partial charge is 0.335 e. The van der Waals surface area contributed by atoms with Crippen LogP contribution in [0.25, 0.3) is 21.3 Å². The van der Waals surface area contributed by atoms with Crippen molar-refractivity contribution in [3.05, 3.63) is 76.7 Å². The number of aryl methyl sites for hydroxylation is 1. The molecule has 4 aromatic rings. The summed E-state index contributed by atoms with van der Waals surface area (Å²) in [6.07, 6.45) is 3.55. The highest BCUT2D eigenvalue weighted by Crippen LogP contribution is 2.26. The van der Waals surface area contributed by atoms with Crippen LogP contribution in [-0.2, 0) is 12.8 Å². The first-order chi connectivity index (χ1) is 15.1. The van der Waals surface area contributed by atoms with Gasteiger partial charge in [0.2, 0.25) is 0 Å². The van der Waals surface area contributed by atoms with Gasteiger partial charge in [-0.25, -0.2) is 19.2 Å². The summed E-state index contributed by atoms with van der Waals surface area (Å²) in [6.45, 7) is 2.55. The van der Waals surface area contributed by atoms with E-state index in [0.29, 0.717) is 47.4 Å². The van der Waals surface area contributed by atoms with Gasteiger partial charge in [-0.1, -0.05) is 25.5 Å². The quantitative estimate of drug-likeness (QED) is 0.366. The normalized spacial score (nSPS) is 11.0. The van der Waals surface area contributed by atoms with Crippen molar-refractivity contribution in [2.75, 3.05) is 11.9 Å². The van der Waals surface area contributed by atoms with E-state index >= 15 is 0 Å². The Morgan fingerprint density at radius 1 is 1.10 bits per heavy atom. The fourth-order valence-electron chi connectivity index (χ4n) is 3.62. The van der Waals surface area contributed by atoms with Crippen molar-refractivity contribution in [3.8, 4) is 11.3 Å². The number of nitrogens with zero attached hydrogens (tertiary/aromatic N) is 2. The van der Waals surface area contributed by atoms with Gasteiger partial charge in [0.15, 0.2) is 0 Å². The monoisotopic (exact) mass is 435 g/mol. The summed E-state index contributed by atoms with van der Waals surface area (Å²) in [4.78, 5) is 20.0. The standard InChI is InChI=1S/C24H22FN3O2S/c1-2-3-16-12-17(4-6-18(16)24(29)30)20-13-22(28-14-27-20)26-10-8-15-5-7-21-19(23(15)25)9-11-31-21/h4-7,9,11-14H,2-3,8,10H2,1H3,(H,29,30)(H,26,27,28). The Kier molecular flexibility index (Phi) is 6.23. The van der Waals surface area contributed by atoms with Crippen molar-refractivity contribution in [2.24, 2.45) is 0 Å². The lowest BCUT2D eigenvalue weighted by molar-refractivity contribution is 0.0695. The average molecular weight is 436 g/mol. The van der Waals surface area contributed by atoms with Crippen molar-refractivity contribution in [3.63, 3.8) is 0 Å². The van der Waals surface area contributed by atoms with Crippen LogP contribution >= 0.6 is 11.3 Å². The maximum atomic E-state index is 14.6. The predicted molar refractivity (Wildman–Crippen MR) is 122 cm³/mol. The number of anilines is 1. The predicted octanol–water partition coefficient (Wildman–Crippen LogP) is 5.80. The van der Waals surface area contributed by atoms with Crippen molar-refractivity contribution in [1.29, 1.82) is 0 Å². The zero-order valence-corrected chi connectivity index (χ0v) is 17.9. The molecule has 0 amide bonds. The van der Waals surface area contributed by atoms with E-state index in [1.165, 1.54) is 17.7 Å². The Labute approximate surface area is 183 Å². The molecule has 0 saturated carbocycles. The van der Waals surface area contributed by atoms with Crippen LogP contribution in [0.15, 0.2) is 54.2 Å². The average Bonchev–Trinajstić information content (AvgIpc) is 3.25. The largest absolute Gasteiger partial charge is 0.478 e. The molecule has 0 radical (unpaired) electrons. The van der Waals surface area contributed by atoms with E-state index in [2.05, 4.69) is 15.3 Å². The number of carboxylic acid groups (broad SMARTS) is 1. The van der Waals surface area contributed by atoms with E-state index in [-0.39, 0.29) is 5.82 Å². The lowest BCUT2D eigenvalue weighted by Crippen LogP contribution is -2.08. The Morgan fingerprint density at radius 2 is 1.97 bits per heavy atom. The highest BCUT2D eigenvalue weighted by atomic mass is 32.1. The molecule has 0 aliphatic carbocycles. The molecule has 0 aliphatic heterocycles. The second-order valence-electron chi connectivity index (χ2n) is 7.26. The maximum absolute atomic E-state index is 14.6. The molecular weight excluding hydrogens is 413 g/mol. The van der Waals surface area contributed by atoms with Gasteiger partial charge in [0.25, 0.3) is 0 Å². The number of rotatable bonds is 8. The number of carboxylic acids is 1. The SMILES string of the molecule is CCCc1cc(-c2cc(NCCc3ccc4sccc4c3F)ncn2)ccc1C(=O)O. The minimum absolute atomic E-state index is 0.161. The number of aromatic nitrogens is 2. The van der Waals surface area contributed by atoms with Crippen LogP contribution in [0.3, 0.4) is 0 Å². The highest BCUT2D eigenvalue weighted by Gasteiger charge is 2.12. The number of thiophene rings is 1. The van der Waals surface area contributed by atoms with Crippen molar-refractivity contribution in [2.45, 2.75) is 26.2 Å². The Hall–Kier alpha value is -3.32. The minimum atomic E-state index is -0.923. The maximum Gasteiger partial charge on any atom is 0.335 e. The Balaban J connectivity index is 1.48. The summed E-state index contributed by atoms with van der Waals surface area (Å²) in [5.41, 5.74) is 3.33. The summed E-state index contributed by atoms with van der Waals surface area (Å²) in [6, 6.07) is 12.7. The zero-order valence-electron chi connectivity index (χ0n) is 17.1. The van der Waals surface area contributed by atoms with Crippen LogP contribution in [0.2, 0.25) is 0 Å². The van der Waals surface area contributed by atoms with Crippen molar-refractivity contribution < 1.29 is 14.3 Å². The van der Waals surface area contributed by atoms with E-state index in [1.54, 1.807) is 12.1 Å². The fraction of sp³-hybridized carbons (Fsp3) is 0.208. The van der Waals surface area contributed by atoms with E-state index in [1.807, 2.05) is 42.6 Å². The third-order valence-electron chi connectivity index (χ3n) is 5.17. The summed E-state index contributed by atoms with van der Waals surface area (Å²) >= 11 is 1.53. The number of aromatic carboxylic acids is 1. The zero-order chi connectivity index (χ0) is 21.8. The van der Waals surface area contributed by atoms with E-state index in [9.17, 15) is 14.3 Å². The van der Waals surface area contributed by atoms with Gasteiger partial charge in [-0.15, -0.1) is 11.3 Å². The number of hydrogen-bond donors (Lipinski definition) is 2. The fourth-order valence-corrected chi connectivity index (χ4v) is 4.40. The van der Waals surface area contributed by atoms with Crippen LogP contribution in [0.5, 0.6) is 0 Å². The van der Waals surface area contributed by atoms with Gasteiger partial charge in [0, 0.05) is 28.3 Å². The lowest BCUT2D eigenvalue weighted by atomic mass is 9.99. The van der Waals surface area contributed by atoms with Crippen LogP contribution in [0.1, 0.15) is 34.8 Å². The molecule has 5 nitrogen and oxygen atoms in total. The summed E-state index contributed by atoms with van der Waals surface area (Å²) in [7, 11) is 0. The molecule has 4 rings (SSSR count). The molecule has 158 valence electrons. The first kappa shape index (κ1) is 20.9. The molecule has 0 saturated heterocycles. The van der Waals surface area contributed by atoms with Gasteiger partial charge in [0.1, 0.15) is 18.0 Å². The van der Waals surface area contributed by atoms with Gasteiger partial charge in [0.05, 0.1) is 11.3 Å². The molecule has 2 aromatic carbocycles. The van der Waals surface area contributed by atoms with Gasteiger partial charge >= 0.3 is 5.97 Å².